The number of sulfonamides is 1. The number of hydrogen-bond donors (Lipinski definition) is 1. The highest BCUT2D eigenvalue weighted by Crippen LogP contribution is 2.30. The van der Waals surface area contributed by atoms with Gasteiger partial charge >= 0.3 is 0 Å². The van der Waals surface area contributed by atoms with Gasteiger partial charge in [-0.2, -0.15) is 4.31 Å². The lowest BCUT2D eigenvalue weighted by Gasteiger charge is -2.28. The Labute approximate surface area is 189 Å². The summed E-state index contributed by atoms with van der Waals surface area (Å²) in [6, 6.07) is 20.4. The van der Waals surface area contributed by atoms with Crippen LogP contribution in [0.1, 0.15) is 29.2 Å². The molecule has 0 bridgehead atoms. The lowest BCUT2D eigenvalue weighted by Crippen LogP contribution is -2.34. The zero-order valence-electron chi connectivity index (χ0n) is 18.7. The van der Waals surface area contributed by atoms with Crippen LogP contribution in [0.5, 0.6) is 5.75 Å². The molecule has 0 fully saturated rings. The maximum absolute atomic E-state index is 13.3. The van der Waals surface area contributed by atoms with E-state index in [2.05, 4.69) is 5.32 Å². The van der Waals surface area contributed by atoms with E-state index in [1.807, 2.05) is 32.0 Å². The number of carbonyl (C=O) groups is 1. The summed E-state index contributed by atoms with van der Waals surface area (Å²) < 4.78 is 33.0. The summed E-state index contributed by atoms with van der Waals surface area (Å²) in [5, 5.41) is 2.92. The standard InChI is InChI=1S/C25H28N2O4S/c1-18-10-15-23(19(2)16-18)26-25(28)17-24(20-11-13-21(31-4)14-12-20)27(3)32(29,30)22-8-6-5-7-9-22/h5-16,24H,17H2,1-4H3,(H,26,28)/t24-/m1/s1. The van der Waals surface area contributed by atoms with Crippen molar-refractivity contribution in [3.05, 3.63) is 89.5 Å². The fourth-order valence-corrected chi connectivity index (χ4v) is 4.90. The van der Waals surface area contributed by atoms with E-state index in [1.54, 1.807) is 61.7 Å². The van der Waals surface area contributed by atoms with Gasteiger partial charge in [0.05, 0.1) is 18.0 Å². The Morgan fingerprint density at radius 2 is 1.66 bits per heavy atom. The molecule has 0 aliphatic heterocycles. The van der Waals surface area contributed by atoms with Crippen LogP contribution in [-0.4, -0.2) is 32.8 Å². The molecule has 0 saturated carbocycles. The lowest BCUT2D eigenvalue weighted by molar-refractivity contribution is -0.117. The highest BCUT2D eigenvalue weighted by Gasteiger charge is 2.31. The molecule has 6 nitrogen and oxygen atoms in total. The van der Waals surface area contributed by atoms with Crippen LogP contribution in [0.15, 0.2) is 77.7 Å². The van der Waals surface area contributed by atoms with Gasteiger partial charge in [0.1, 0.15) is 5.75 Å². The second-order valence-corrected chi connectivity index (χ2v) is 9.69. The number of rotatable bonds is 8. The van der Waals surface area contributed by atoms with Crippen molar-refractivity contribution < 1.29 is 17.9 Å². The monoisotopic (exact) mass is 452 g/mol. The van der Waals surface area contributed by atoms with Gasteiger partial charge in [-0.25, -0.2) is 8.42 Å². The molecule has 0 aromatic heterocycles. The minimum Gasteiger partial charge on any atom is -0.497 e. The molecule has 168 valence electrons. The third kappa shape index (κ3) is 5.36. The molecule has 1 amide bonds. The first kappa shape index (κ1) is 23.5. The first-order chi connectivity index (χ1) is 15.2. The molecule has 3 aromatic rings. The van der Waals surface area contributed by atoms with Gasteiger partial charge in [0.15, 0.2) is 0 Å². The summed E-state index contributed by atoms with van der Waals surface area (Å²) >= 11 is 0. The van der Waals surface area contributed by atoms with E-state index in [0.717, 1.165) is 11.1 Å². The first-order valence-corrected chi connectivity index (χ1v) is 11.7. The van der Waals surface area contributed by atoms with Crippen LogP contribution in [0.3, 0.4) is 0 Å². The molecule has 1 atom stereocenters. The van der Waals surface area contributed by atoms with Crippen molar-refractivity contribution in [3.63, 3.8) is 0 Å². The molecule has 0 spiro atoms. The number of ether oxygens (including phenoxy) is 1. The SMILES string of the molecule is COc1ccc([C@@H](CC(=O)Nc2ccc(C)cc2C)N(C)S(=O)(=O)c2ccccc2)cc1. The molecule has 3 aromatic carbocycles. The maximum atomic E-state index is 13.3. The van der Waals surface area contributed by atoms with E-state index in [1.165, 1.54) is 11.4 Å². The van der Waals surface area contributed by atoms with Gasteiger partial charge in [0, 0.05) is 19.2 Å². The topological polar surface area (TPSA) is 75.7 Å². The maximum Gasteiger partial charge on any atom is 0.243 e. The molecule has 1 N–H and O–H groups in total. The third-order valence-electron chi connectivity index (χ3n) is 5.39. The van der Waals surface area contributed by atoms with Gasteiger partial charge in [-0.1, -0.05) is 48.0 Å². The molecular weight excluding hydrogens is 424 g/mol. The Balaban J connectivity index is 1.92. The van der Waals surface area contributed by atoms with Crippen LogP contribution < -0.4 is 10.1 Å². The summed E-state index contributed by atoms with van der Waals surface area (Å²) in [6.07, 6.45) is -0.0395. The molecule has 0 radical (unpaired) electrons. The number of methoxy groups -OCH3 is 1. The van der Waals surface area contributed by atoms with E-state index in [4.69, 9.17) is 4.74 Å². The van der Waals surface area contributed by atoms with Crippen LogP contribution in [0.4, 0.5) is 5.69 Å². The van der Waals surface area contributed by atoms with Gasteiger partial charge in [-0.15, -0.1) is 0 Å². The number of amides is 1. The van der Waals surface area contributed by atoms with E-state index < -0.39 is 16.1 Å². The van der Waals surface area contributed by atoms with Crippen LogP contribution in [0, 0.1) is 13.8 Å². The lowest BCUT2D eigenvalue weighted by atomic mass is 10.0. The van der Waals surface area contributed by atoms with Crippen LogP contribution >= 0.6 is 0 Å². The minimum atomic E-state index is -3.81. The van der Waals surface area contributed by atoms with Gasteiger partial charge in [0.2, 0.25) is 15.9 Å². The van der Waals surface area contributed by atoms with E-state index in [-0.39, 0.29) is 17.2 Å². The van der Waals surface area contributed by atoms with Crippen molar-refractivity contribution >= 4 is 21.6 Å². The van der Waals surface area contributed by atoms with E-state index in [9.17, 15) is 13.2 Å². The zero-order chi connectivity index (χ0) is 23.3. The third-order valence-corrected chi connectivity index (χ3v) is 7.28. The zero-order valence-corrected chi connectivity index (χ0v) is 19.5. The smallest absolute Gasteiger partial charge is 0.243 e. The van der Waals surface area contributed by atoms with Crippen molar-refractivity contribution in [2.75, 3.05) is 19.5 Å². The molecule has 0 aliphatic carbocycles. The number of anilines is 1. The largest absolute Gasteiger partial charge is 0.497 e. The quantitative estimate of drug-likeness (QED) is 0.537. The number of nitrogens with one attached hydrogen (secondary N) is 1. The van der Waals surface area contributed by atoms with Crippen molar-refractivity contribution in [2.24, 2.45) is 0 Å². The molecule has 0 unspecified atom stereocenters. The summed E-state index contributed by atoms with van der Waals surface area (Å²) in [4.78, 5) is 13.1. The Hall–Kier alpha value is -3.16. The summed E-state index contributed by atoms with van der Waals surface area (Å²) in [5.74, 6) is 0.383. The van der Waals surface area contributed by atoms with Gasteiger partial charge in [0.25, 0.3) is 0 Å². The number of hydrogen-bond acceptors (Lipinski definition) is 4. The highest BCUT2D eigenvalue weighted by atomic mass is 32.2. The molecule has 32 heavy (non-hydrogen) atoms. The number of benzene rings is 3. The number of carbonyl (C=O) groups excluding carboxylic acids is 1. The van der Waals surface area contributed by atoms with E-state index in [0.29, 0.717) is 17.0 Å². The van der Waals surface area contributed by atoms with Crippen LogP contribution in [0.25, 0.3) is 0 Å². The second kappa shape index (κ2) is 9.97. The number of aryl methyl sites for hydroxylation is 2. The molecule has 3 rings (SSSR count). The van der Waals surface area contributed by atoms with Crippen molar-refractivity contribution in [1.29, 1.82) is 0 Å². The van der Waals surface area contributed by atoms with Crippen molar-refractivity contribution in [1.82, 2.24) is 4.31 Å². The number of nitrogens with zero attached hydrogens (tertiary/aromatic N) is 1. The van der Waals surface area contributed by atoms with Gasteiger partial charge in [-0.3, -0.25) is 4.79 Å². The average Bonchev–Trinajstić information content (AvgIpc) is 2.79. The van der Waals surface area contributed by atoms with Crippen LogP contribution in [0.2, 0.25) is 0 Å². The van der Waals surface area contributed by atoms with Crippen molar-refractivity contribution in [3.8, 4) is 5.75 Å². The van der Waals surface area contributed by atoms with Gasteiger partial charge in [-0.05, 0) is 55.3 Å². The molecule has 0 saturated heterocycles. The Bertz CT molecular complexity index is 1180. The Kier molecular flexibility index (Phi) is 7.33. The van der Waals surface area contributed by atoms with Crippen molar-refractivity contribution in [2.45, 2.75) is 31.2 Å². The molecular formula is C25H28N2O4S. The minimum absolute atomic E-state index is 0.0395. The normalized spacial score (nSPS) is 12.4. The molecule has 0 heterocycles. The fraction of sp³-hybridized carbons (Fsp3) is 0.240. The molecule has 0 aliphatic rings. The summed E-state index contributed by atoms with van der Waals surface area (Å²) in [7, 11) is -0.745. The predicted octanol–water partition coefficient (Wildman–Crippen LogP) is 4.70. The average molecular weight is 453 g/mol. The first-order valence-electron chi connectivity index (χ1n) is 10.3. The molecule has 7 heteroatoms. The van der Waals surface area contributed by atoms with Crippen LogP contribution in [-0.2, 0) is 14.8 Å². The predicted molar refractivity (Wildman–Crippen MR) is 126 cm³/mol. The summed E-state index contributed by atoms with van der Waals surface area (Å²) in [5.41, 5.74) is 3.46. The van der Waals surface area contributed by atoms with Gasteiger partial charge < -0.3 is 10.1 Å². The Morgan fingerprint density at radius 1 is 1.00 bits per heavy atom. The Morgan fingerprint density at radius 3 is 2.25 bits per heavy atom. The highest BCUT2D eigenvalue weighted by molar-refractivity contribution is 7.89. The fourth-order valence-electron chi connectivity index (χ4n) is 3.54. The summed E-state index contributed by atoms with van der Waals surface area (Å²) in [6.45, 7) is 3.91. The van der Waals surface area contributed by atoms with E-state index >= 15 is 0 Å². The second-order valence-electron chi connectivity index (χ2n) is 7.69.